The molecule has 4 rings (SSSR count). The molecule has 2 aliphatic rings. The Labute approximate surface area is 121 Å². The summed E-state index contributed by atoms with van der Waals surface area (Å²) >= 11 is 6.06. The molecule has 0 atom stereocenters. The molecule has 0 bridgehead atoms. The van der Waals surface area contributed by atoms with Crippen LogP contribution in [0.5, 0.6) is 11.5 Å². The van der Waals surface area contributed by atoms with Crippen molar-refractivity contribution >= 4 is 28.3 Å². The highest BCUT2D eigenvalue weighted by Gasteiger charge is 2.21. The van der Waals surface area contributed by atoms with Crippen LogP contribution in [0.15, 0.2) is 12.1 Å². The van der Waals surface area contributed by atoms with Gasteiger partial charge in [0.1, 0.15) is 19.0 Å². The number of halogens is 1. The minimum atomic E-state index is 0.274. The lowest BCUT2D eigenvalue weighted by Crippen LogP contribution is -2.20. The van der Waals surface area contributed by atoms with E-state index in [4.69, 9.17) is 21.1 Å². The molecule has 3 heterocycles. The quantitative estimate of drug-likeness (QED) is 0.756. The summed E-state index contributed by atoms with van der Waals surface area (Å²) in [4.78, 5) is 11.0. The average molecular weight is 292 g/mol. The molecule has 0 aliphatic carbocycles. The fourth-order valence-electron chi connectivity index (χ4n) is 2.79. The molecule has 1 saturated heterocycles. The number of ether oxygens (including phenoxy) is 2. The number of aromatic nitrogens is 2. The van der Waals surface area contributed by atoms with Crippen molar-refractivity contribution in [3.8, 4) is 11.5 Å². The molecule has 1 aromatic heterocycles. The number of rotatable bonds is 1. The molecule has 104 valence electrons. The highest BCUT2D eigenvalue weighted by atomic mass is 35.5. The standard InChI is InChI=1S/C14H14ClN3O2/c15-14-16-10-8-12-11(19-5-6-20-12)7-9(10)13(17-14)18-3-1-2-4-18/h7-8H,1-6H2. The molecule has 0 spiro atoms. The Balaban J connectivity index is 1.93. The maximum absolute atomic E-state index is 6.06. The largest absolute Gasteiger partial charge is 0.486 e. The molecule has 0 radical (unpaired) electrons. The minimum absolute atomic E-state index is 0.274. The van der Waals surface area contributed by atoms with E-state index in [0.29, 0.717) is 13.2 Å². The molecule has 0 saturated carbocycles. The second-order valence-electron chi connectivity index (χ2n) is 5.02. The van der Waals surface area contributed by atoms with Gasteiger partial charge in [0.25, 0.3) is 0 Å². The van der Waals surface area contributed by atoms with E-state index < -0.39 is 0 Å². The average Bonchev–Trinajstić information content (AvgIpc) is 2.98. The van der Waals surface area contributed by atoms with Crippen LogP contribution in [0.3, 0.4) is 0 Å². The predicted molar refractivity (Wildman–Crippen MR) is 77.0 cm³/mol. The highest BCUT2D eigenvalue weighted by Crippen LogP contribution is 2.38. The predicted octanol–water partition coefficient (Wildman–Crippen LogP) is 2.65. The fraction of sp³-hybridized carbons (Fsp3) is 0.429. The zero-order valence-corrected chi connectivity index (χ0v) is 11.7. The summed E-state index contributed by atoms with van der Waals surface area (Å²) in [5.41, 5.74) is 0.802. The van der Waals surface area contributed by atoms with E-state index in [-0.39, 0.29) is 5.28 Å². The molecule has 2 aliphatic heterocycles. The number of nitrogens with zero attached hydrogens (tertiary/aromatic N) is 3. The van der Waals surface area contributed by atoms with Gasteiger partial charge in [-0.1, -0.05) is 0 Å². The van der Waals surface area contributed by atoms with E-state index in [2.05, 4.69) is 14.9 Å². The van der Waals surface area contributed by atoms with Gasteiger partial charge in [0.2, 0.25) is 5.28 Å². The number of anilines is 1. The Kier molecular flexibility index (Phi) is 2.80. The van der Waals surface area contributed by atoms with Crippen molar-refractivity contribution < 1.29 is 9.47 Å². The SMILES string of the molecule is Clc1nc(N2CCCC2)c2cc3c(cc2n1)OCCO3. The molecule has 0 N–H and O–H groups in total. The Morgan fingerprint density at radius 3 is 2.45 bits per heavy atom. The molecule has 1 fully saturated rings. The van der Waals surface area contributed by atoms with E-state index in [1.807, 2.05) is 12.1 Å². The van der Waals surface area contributed by atoms with Crippen molar-refractivity contribution in [3.63, 3.8) is 0 Å². The lowest BCUT2D eigenvalue weighted by molar-refractivity contribution is 0.172. The van der Waals surface area contributed by atoms with Gasteiger partial charge in [-0.2, -0.15) is 4.98 Å². The molecule has 6 heteroatoms. The Morgan fingerprint density at radius 2 is 1.70 bits per heavy atom. The summed E-state index contributed by atoms with van der Waals surface area (Å²) in [7, 11) is 0. The Bertz CT molecular complexity index is 671. The summed E-state index contributed by atoms with van der Waals surface area (Å²) in [6.07, 6.45) is 2.38. The Morgan fingerprint density at radius 1 is 1.00 bits per heavy atom. The van der Waals surface area contributed by atoms with Crippen LogP contribution in [0.4, 0.5) is 5.82 Å². The van der Waals surface area contributed by atoms with Crippen LogP contribution in [0.1, 0.15) is 12.8 Å². The van der Waals surface area contributed by atoms with Crippen molar-refractivity contribution in [1.82, 2.24) is 9.97 Å². The zero-order chi connectivity index (χ0) is 13.5. The summed E-state index contributed by atoms with van der Waals surface area (Å²) in [5.74, 6) is 2.38. The lowest BCUT2D eigenvalue weighted by atomic mass is 10.2. The summed E-state index contributed by atoms with van der Waals surface area (Å²) in [5, 5.41) is 1.25. The molecule has 1 aromatic carbocycles. The highest BCUT2D eigenvalue weighted by molar-refractivity contribution is 6.28. The normalized spacial score (nSPS) is 17.8. The van der Waals surface area contributed by atoms with Crippen molar-refractivity contribution in [2.24, 2.45) is 0 Å². The molecule has 20 heavy (non-hydrogen) atoms. The number of benzene rings is 1. The van der Waals surface area contributed by atoms with Gasteiger partial charge in [-0.3, -0.25) is 0 Å². The van der Waals surface area contributed by atoms with Gasteiger partial charge in [0.15, 0.2) is 11.5 Å². The summed E-state index contributed by atoms with van der Waals surface area (Å²) < 4.78 is 11.2. The van der Waals surface area contributed by atoms with E-state index in [0.717, 1.165) is 41.3 Å². The molecular weight excluding hydrogens is 278 g/mol. The first kappa shape index (κ1) is 12.0. The first-order valence-electron chi connectivity index (χ1n) is 6.83. The van der Waals surface area contributed by atoms with Crippen LogP contribution in [0.2, 0.25) is 5.28 Å². The van der Waals surface area contributed by atoms with Crippen molar-refractivity contribution in [2.45, 2.75) is 12.8 Å². The minimum Gasteiger partial charge on any atom is -0.486 e. The third kappa shape index (κ3) is 1.93. The summed E-state index contributed by atoms with van der Waals surface area (Å²) in [6, 6.07) is 3.85. The molecule has 5 nitrogen and oxygen atoms in total. The summed E-state index contributed by atoms with van der Waals surface area (Å²) in [6.45, 7) is 3.16. The van der Waals surface area contributed by atoms with Gasteiger partial charge in [-0.05, 0) is 30.5 Å². The van der Waals surface area contributed by atoms with Crippen LogP contribution in [0.25, 0.3) is 10.9 Å². The zero-order valence-electron chi connectivity index (χ0n) is 10.9. The van der Waals surface area contributed by atoms with Gasteiger partial charge < -0.3 is 14.4 Å². The monoisotopic (exact) mass is 291 g/mol. The molecular formula is C14H14ClN3O2. The van der Waals surface area contributed by atoms with E-state index in [9.17, 15) is 0 Å². The first-order valence-corrected chi connectivity index (χ1v) is 7.21. The van der Waals surface area contributed by atoms with E-state index in [1.54, 1.807) is 0 Å². The van der Waals surface area contributed by atoms with Gasteiger partial charge in [0.05, 0.1) is 5.52 Å². The molecule has 2 aromatic rings. The van der Waals surface area contributed by atoms with Crippen molar-refractivity contribution in [1.29, 1.82) is 0 Å². The van der Waals surface area contributed by atoms with Crippen molar-refractivity contribution in [3.05, 3.63) is 17.4 Å². The van der Waals surface area contributed by atoms with Crippen LogP contribution < -0.4 is 14.4 Å². The van der Waals surface area contributed by atoms with Crippen LogP contribution in [-0.4, -0.2) is 36.3 Å². The lowest BCUT2D eigenvalue weighted by Gasteiger charge is -2.22. The first-order chi connectivity index (χ1) is 9.81. The maximum atomic E-state index is 6.06. The topological polar surface area (TPSA) is 47.5 Å². The van der Waals surface area contributed by atoms with Crippen LogP contribution in [-0.2, 0) is 0 Å². The second kappa shape index (κ2) is 4.66. The van der Waals surface area contributed by atoms with Crippen LogP contribution >= 0.6 is 11.6 Å². The van der Waals surface area contributed by atoms with Gasteiger partial charge in [-0.15, -0.1) is 0 Å². The maximum Gasteiger partial charge on any atom is 0.224 e. The van der Waals surface area contributed by atoms with Crippen LogP contribution in [0, 0.1) is 0 Å². The van der Waals surface area contributed by atoms with E-state index >= 15 is 0 Å². The van der Waals surface area contributed by atoms with Gasteiger partial charge >= 0.3 is 0 Å². The molecule has 0 amide bonds. The molecule has 0 unspecified atom stereocenters. The third-order valence-corrected chi connectivity index (χ3v) is 3.89. The number of fused-ring (bicyclic) bond motifs is 2. The second-order valence-corrected chi connectivity index (χ2v) is 5.36. The van der Waals surface area contributed by atoms with E-state index in [1.165, 1.54) is 12.8 Å². The number of hydrogen-bond donors (Lipinski definition) is 0. The third-order valence-electron chi connectivity index (χ3n) is 3.72. The van der Waals surface area contributed by atoms with Gasteiger partial charge in [0, 0.05) is 24.5 Å². The Hall–Kier alpha value is -1.75. The van der Waals surface area contributed by atoms with Crippen molar-refractivity contribution in [2.75, 3.05) is 31.2 Å². The number of hydrogen-bond acceptors (Lipinski definition) is 5. The van der Waals surface area contributed by atoms with Gasteiger partial charge in [-0.25, -0.2) is 4.98 Å². The fourth-order valence-corrected chi connectivity index (χ4v) is 2.96. The smallest absolute Gasteiger partial charge is 0.224 e.